The molecule has 1 nitrogen and oxygen atoms in total. The predicted molar refractivity (Wildman–Crippen MR) is 62.6 cm³/mol. The van der Waals surface area contributed by atoms with Crippen molar-refractivity contribution in [2.75, 3.05) is 0 Å². The van der Waals surface area contributed by atoms with Crippen LogP contribution in [0.3, 0.4) is 0 Å². The molecule has 1 atom stereocenters. The lowest BCUT2D eigenvalue weighted by atomic mass is 9.97. The number of halogens is 2. The molecule has 1 aliphatic rings. The molecule has 0 heterocycles. The summed E-state index contributed by atoms with van der Waals surface area (Å²) in [6.45, 7) is 3.74. The molecule has 0 aromatic heterocycles. The summed E-state index contributed by atoms with van der Waals surface area (Å²) in [6, 6.07) is 5.40. The van der Waals surface area contributed by atoms with Gasteiger partial charge in [0.25, 0.3) is 0 Å². The normalized spacial score (nSPS) is 21.1. The zero-order valence-corrected chi connectivity index (χ0v) is 9.61. The van der Waals surface area contributed by atoms with Gasteiger partial charge >= 0.3 is 0 Å². The van der Waals surface area contributed by atoms with Crippen LogP contribution in [-0.2, 0) is 4.79 Å². The molecule has 15 heavy (non-hydrogen) atoms. The van der Waals surface area contributed by atoms with Crippen LogP contribution in [0.2, 0.25) is 10.0 Å². The molecule has 0 saturated heterocycles. The molecule has 0 spiro atoms. The maximum Gasteiger partial charge on any atom is 0.158 e. The van der Waals surface area contributed by atoms with E-state index in [-0.39, 0.29) is 11.7 Å². The molecule has 1 aromatic rings. The van der Waals surface area contributed by atoms with Gasteiger partial charge in [0.05, 0.1) is 0 Å². The largest absolute Gasteiger partial charge is 0.295 e. The maximum absolute atomic E-state index is 11.4. The Morgan fingerprint density at radius 3 is 2.53 bits per heavy atom. The molecule has 78 valence electrons. The number of allylic oxidation sites excluding steroid dienone is 1. The van der Waals surface area contributed by atoms with Crippen molar-refractivity contribution in [2.24, 2.45) is 0 Å². The van der Waals surface area contributed by atoms with Gasteiger partial charge in [-0.1, -0.05) is 35.8 Å². The number of ketones is 1. The minimum atomic E-state index is 0.144. The Balaban J connectivity index is 2.31. The Bertz CT molecular complexity index is 421. The van der Waals surface area contributed by atoms with Crippen LogP contribution in [0, 0.1) is 0 Å². The highest BCUT2D eigenvalue weighted by Gasteiger charge is 2.28. The second kappa shape index (κ2) is 3.99. The molecule has 2 rings (SSSR count). The van der Waals surface area contributed by atoms with Crippen molar-refractivity contribution in [2.45, 2.75) is 18.8 Å². The lowest BCUT2D eigenvalue weighted by Gasteiger charge is -2.10. The first-order chi connectivity index (χ1) is 7.08. The number of carbonyl (C=O) groups is 1. The zero-order chi connectivity index (χ0) is 11.0. The fraction of sp³-hybridized carbons (Fsp3) is 0.250. The summed E-state index contributed by atoms with van der Waals surface area (Å²) in [5.41, 5.74) is 1.69. The lowest BCUT2D eigenvalue weighted by molar-refractivity contribution is -0.114. The van der Waals surface area contributed by atoms with Crippen molar-refractivity contribution in [3.8, 4) is 0 Å². The van der Waals surface area contributed by atoms with E-state index >= 15 is 0 Å². The molecule has 1 unspecified atom stereocenters. The first kappa shape index (κ1) is 10.7. The van der Waals surface area contributed by atoms with Crippen LogP contribution >= 0.6 is 23.2 Å². The van der Waals surface area contributed by atoms with Crippen molar-refractivity contribution in [3.05, 3.63) is 46.0 Å². The molecule has 1 aromatic carbocycles. The zero-order valence-electron chi connectivity index (χ0n) is 8.09. The highest BCUT2D eigenvalue weighted by atomic mass is 35.5. The van der Waals surface area contributed by atoms with E-state index in [1.165, 1.54) is 0 Å². The van der Waals surface area contributed by atoms with Crippen LogP contribution in [0.15, 0.2) is 30.4 Å². The van der Waals surface area contributed by atoms with Gasteiger partial charge in [0.1, 0.15) is 0 Å². The number of carbonyl (C=O) groups excluding carboxylic acids is 1. The first-order valence-corrected chi connectivity index (χ1v) is 5.49. The third-order valence-electron chi connectivity index (χ3n) is 2.72. The van der Waals surface area contributed by atoms with Crippen molar-refractivity contribution in [3.63, 3.8) is 0 Å². The third kappa shape index (κ3) is 2.09. The molecule has 1 fully saturated rings. The van der Waals surface area contributed by atoms with E-state index in [1.807, 2.05) is 6.07 Å². The van der Waals surface area contributed by atoms with Gasteiger partial charge in [-0.05, 0) is 35.6 Å². The molecule has 0 radical (unpaired) electrons. The average molecular weight is 241 g/mol. The van der Waals surface area contributed by atoms with Gasteiger partial charge in [-0.3, -0.25) is 4.79 Å². The molecule has 3 heteroatoms. The number of benzene rings is 1. The summed E-state index contributed by atoms with van der Waals surface area (Å²) < 4.78 is 0. The first-order valence-electron chi connectivity index (χ1n) is 4.74. The number of hydrogen-bond donors (Lipinski definition) is 0. The minimum absolute atomic E-state index is 0.144. The molecule has 0 amide bonds. The van der Waals surface area contributed by atoms with Crippen LogP contribution in [0.1, 0.15) is 24.3 Å². The third-order valence-corrected chi connectivity index (χ3v) is 3.28. The van der Waals surface area contributed by atoms with Crippen LogP contribution < -0.4 is 0 Å². The predicted octanol–water partition coefficient (Wildman–Crippen LogP) is 4.00. The van der Waals surface area contributed by atoms with E-state index < -0.39 is 0 Å². The van der Waals surface area contributed by atoms with E-state index in [0.29, 0.717) is 28.5 Å². The number of Topliss-reactive ketones (excluding diaryl/α,β-unsaturated/α-hetero) is 1. The Morgan fingerprint density at radius 1 is 1.27 bits per heavy atom. The van der Waals surface area contributed by atoms with Crippen molar-refractivity contribution in [1.29, 1.82) is 0 Å². The summed E-state index contributed by atoms with van der Waals surface area (Å²) in [4.78, 5) is 11.4. The van der Waals surface area contributed by atoms with Gasteiger partial charge in [0.2, 0.25) is 0 Å². The highest BCUT2D eigenvalue weighted by Crippen LogP contribution is 2.38. The van der Waals surface area contributed by atoms with E-state index in [0.717, 1.165) is 5.56 Å². The Hall–Kier alpha value is -0.790. The lowest BCUT2D eigenvalue weighted by Crippen LogP contribution is -1.95. The number of hydrogen-bond acceptors (Lipinski definition) is 1. The molecule has 1 saturated carbocycles. The molecule has 0 aliphatic heterocycles. The van der Waals surface area contributed by atoms with E-state index in [1.54, 1.807) is 12.1 Å². The summed E-state index contributed by atoms with van der Waals surface area (Å²) in [7, 11) is 0. The molecule has 0 N–H and O–H groups in total. The molecule has 0 bridgehead atoms. The van der Waals surface area contributed by atoms with E-state index in [9.17, 15) is 4.79 Å². The van der Waals surface area contributed by atoms with E-state index in [2.05, 4.69) is 6.58 Å². The Labute approximate surface area is 98.7 Å². The smallest absolute Gasteiger partial charge is 0.158 e. The monoisotopic (exact) mass is 240 g/mol. The average Bonchev–Trinajstić information content (AvgIpc) is 2.46. The van der Waals surface area contributed by atoms with Gasteiger partial charge in [-0.15, -0.1) is 0 Å². The van der Waals surface area contributed by atoms with Crippen molar-refractivity contribution >= 4 is 29.0 Å². The second-order valence-corrected chi connectivity index (χ2v) is 4.64. The van der Waals surface area contributed by atoms with Gasteiger partial charge < -0.3 is 0 Å². The van der Waals surface area contributed by atoms with Crippen LogP contribution in [-0.4, -0.2) is 5.78 Å². The Morgan fingerprint density at radius 2 is 2.00 bits per heavy atom. The molecular formula is C12H10Cl2O. The molecular weight excluding hydrogens is 231 g/mol. The van der Waals surface area contributed by atoms with Gasteiger partial charge in [-0.25, -0.2) is 0 Å². The van der Waals surface area contributed by atoms with Gasteiger partial charge in [0.15, 0.2) is 5.78 Å². The van der Waals surface area contributed by atoms with Gasteiger partial charge in [0, 0.05) is 16.5 Å². The fourth-order valence-corrected chi connectivity index (χ4v) is 2.47. The van der Waals surface area contributed by atoms with Crippen LogP contribution in [0.4, 0.5) is 0 Å². The van der Waals surface area contributed by atoms with E-state index in [4.69, 9.17) is 23.2 Å². The van der Waals surface area contributed by atoms with Crippen LogP contribution in [0.25, 0.3) is 0 Å². The summed E-state index contributed by atoms with van der Waals surface area (Å²) in [5, 5.41) is 1.25. The van der Waals surface area contributed by atoms with Gasteiger partial charge in [-0.2, -0.15) is 0 Å². The standard InChI is InChI=1S/C12H10Cl2O/c1-7-4-8(5-12(7)15)10-3-2-9(13)6-11(10)14/h2-3,6,8H,1,4-5H2. The fourth-order valence-electron chi connectivity index (χ4n) is 1.90. The number of rotatable bonds is 1. The summed E-state index contributed by atoms with van der Waals surface area (Å²) in [5.74, 6) is 0.320. The van der Waals surface area contributed by atoms with Crippen molar-refractivity contribution in [1.82, 2.24) is 0 Å². The second-order valence-electron chi connectivity index (χ2n) is 3.80. The topological polar surface area (TPSA) is 17.1 Å². The minimum Gasteiger partial charge on any atom is -0.295 e. The molecule has 1 aliphatic carbocycles. The maximum atomic E-state index is 11.4. The highest BCUT2D eigenvalue weighted by molar-refractivity contribution is 6.35. The summed E-state index contributed by atoms with van der Waals surface area (Å²) in [6.07, 6.45) is 1.22. The Kier molecular flexibility index (Phi) is 2.85. The summed E-state index contributed by atoms with van der Waals surface area (Å²) >= 11 is 11.9. The van der Waals surface area contributed by atoms with Crippen molar-refractivity contribution < 1.29 is 4.79 Å². The SMILES string of the molecule is C=C1CC(c2ccc(Cl)cc2Cl)CC1=O. The quantitative estimate of drug-likeness (QED) is 0.679. The van der Waals surface area contributed by atoms with Crippen LogP contribution in [0.5, 0.6) is 0 Å².